The minimum atomic E-state index is -3.24. The van der Waals surface area contributed by atoms with E-state index in [-0.39, 0.29) is 12.4 Å². The first-order valence-corrected chi connectivity index (χ1v) is 9.46. The first kappa shape index (κ1) is 17.2. The van der Waals surface area contributed by atoms with Crippen molar-refractivity contribution >= 4 is 28.1 Å². The maximum absolute atomic E-state index is 11.8. The van der Waals surface area contributed by atoms with Crippen molar-refractivity contribution in [2.75, 3.05) is 17.1 Å². The van der Waals surface area contributed by atoms with Gasteiger partial charge in [-0.05, 0) is 49.4 Å². The van der Waals surface area contributed by atoms with E-state index < -0.39 is 15.6 Å². The molecule has 130 valence electrons. The fourth-order valence-corrected chi connectivity index (χ4v) is 4.13. The van der Waals surface area contributed by atoms with Crippen LogP contribution in [0.5, 0.6) is 0 Å². The van der Waals surface area contributed by atoms with Gasteiger partial charge < -0.3 is 10.3 Å². The second kappa shape index (κ2) is 5.72. The Kier molecular flexibility index (Phi) is 4.09. The molecule has 0 saturated heterocycles. The summed E-state index contributed by atoms with van der Waals surface area (Å²) in [7, 11) is -3.24. The molecule has 1 fully saturated rings. The van der Waals surface area contributed by atoms with Gasteiger partial charge in [-0.1, -0.05) is 5.16 Å². The van der Waals surface area contributed by atoms with Crippen LogP contribution in [0.1, 0.15) is 30.7 Å². The Labute approximate surface area is 146 Å². The van der Waals surface area contributed by atoms with E-state index in [0.29, 0.717) is 24.7 Å². The minimum absolute atomic E-state index is 0. The third-order valence-corrected chi connectivity index (χ3v) is 5.88. The molecule has 4 rings (SSSR count). The van der Waals surface area contributed by atoms with Gasteiger partial charge in [0, 0.05) is 12.1 Å². The lowest BCUT2D eigenvalue weighted by molar-refractivity contribution is 0.229. The Bertz CT molecular complexity index is 877. The number of halogens is 1. The van der Waals surface area contributed by atoms with Crippen LogP contribution in [0.4, 0.5) is 5.69 Å². The molecular weight excluding hydrogens is 352 g/mol. The van der Waals surface area contributed by atoms with Gasteiger partial charge in [-0.2, -0.15) is 4.98 Å². The predicted molar refractivity (Wildman–Crippen MR) is 92.6 cm³/mol. The molecule has 1 saturated carbocycles. The van der Waals surface area contributed by atoms with Crippen molar-refractivity contribution in [2.45, 2.75) is 31.2 Å². The minimum Gasteiger partial charge on any atom is -0.334 e. The molecule has 0 radical (unpaired) electrons. The molecule has 0 bridgehead atoms. The molecule has 0 atom stereocenters. The highest BCUT2D eigenvalue weighted by Gasteiger charge is 2.39. The van der Waals surface area contributed by atoms with Crippen LogP contribution in [0.3, 0.4) is 0 Å². The van der Waals surface area contributed by atoms with E-state index in [0.717, 1.165) is 36.1 Å². The van der Waals surface area contributed by atoms with E-state index >= 15 is 0 Å². The standard InChI is InChI=1S/C15H18N4O3S.ClH/c1-23(20,21)19-8-5-10-9-11(3-4-12(10)19)13-17-14(18-22-13)15(16)6-2-7-15;/h3-4,9H,2,5-8,16H2,1H3;1H. The Morgan fingerprint density at radius 3 is 2.71 bits per heavy atom. The summed E-state index contributed by atoms with van der Waals surface area (Å²) >= 11 is 0. The predicted octanol–water partition coefficient (Wildman–Crippen LogP) is 1.82. The zero-order chi connectivity index (χ0) is 16.2. The van der Waals surface area contributed by atoms with Crippen LogP contribution in [-0.4, -0.2) is 31.4 Å². The zero-order valence-corrected chi connectivity index (χ0v) is 14.9. The zero-order valence-electron chi connectivity index (χ0n) is 13.2. The number of hydrogen-bond acceptors (Lipinski definition) is 6. The number of sulfonamides is 1. The third kappa shape index (κ3) is 2.68. The van der Waals surface area contributed by atoms with Crippen LogP contribution >= 0.6 is 12.4 Å². The van der Waals surface area contributed by atoms with E-state index in [1.807, 2.05) is 12.1 Å². The van der Waals surface area contributed by atoms with E-state index in [4.69, 9.17) is 10.3 Å². The molecule has 0 unspecified atom stereocenters. The highest BCUT2D eigenvalue weighted by Crippen LogP contribution is 2.38. The van der Waals surface area contributed by atoms with Crippen LogP contribution in [0.15, 0.2) is 22.7 Å². The summed E-state index contributed by atoms with van der Waals surface area (Å²) in [5, 5.41) is 4.02. The summed E-state index contributed by atoms with van der Waals surface area (Å²) in [4.78, 5) is 4.43. The number of fused-ring (bicyclic) bond motifs is 1. The molecule has 2 aromatic rings. The molecule has 1 aromatic heterocycles. The van der Waals surface area contributed by atoms with Gasteiger partial charge in [-0.25, -0.2) is 8.42 Å². The molecule has 2 heterocycles. The summed E-state index contributed by atoms with van der Waals surface area (Å²) in [6.07, 6.45) is 4.73. The van der Waals surface area contributed by atoms with Crippen LogP contribution in [0.2, 0.25) is 0 Å². The summed E-state index contributed by atoms with van der Waals surface area (Å²) < 4.78 is 30.3. The number of aromatic nitrogens is 2. The van der Waals surface area contributed by atoms with E-state index in [1.165, 1.54) is 10.6 Å². The highest BCUT2D eigenvalue weighted by molar-refractivity contribution is 7.92. The van der Waals surface area contributed by atoms with Gasteiger partial charge in [0.05, 0.1) is 17.5 Å². The Morgan fingerprint density at radius 2 is 2.08 bits per heavy atom. The Hall–Kier alpha value is -1.64. The first-order chi connectivity index (χ1) is 10.9. The van der Waals surface area contributed by atoms with Gasteiger partial charge in [0.25, 0.3) is 5.89 Å². The number of nitrogens with zero attached hydrogens (tertiary/aromatic N) is 3. The largest absolute Gasteiger partial charge is 0.334 e. The lowest BCUT2D eigenvalue weighted by Crippen LogP contribution is -2.44. The molecular formula is C15H19ClN4O3S. The molecule has 1 aromatic carbocycles. The molecule has 24 heavy (non-hydrogen) atoms. The monoisotopic (exact) mass is 370 g/mol. The molecule has 2 aliphatic rings. The summed E-state index contributed by atoms with van der Waals surface area (Å²) in [6.45, 7) is 0.471. The van der Waals surface area contributed by atoms with Crippen molar-refractivity contribution in [3.8, 4) is 11.5 Å². The summed E-state index contributed by atoms with van der Waals surface area (Å²) in [6, 6.07) is 5.52. The average molecular weight is 371 g/mol. The topological polar surface area (TPSA) is 102 Å². The number of nitrogens with two attached hydrogens (primary N) is 1. The van der Waals surface area contributed by atoms with E-state index in [1.54, 1.807) is 6.07 Å². The molecule has 9 heteroatoms. The molecule has 2 N–H and O–H groups in total. The first-order valence-electron chi connectivity index (χ1n) is 7.61. The number of hydrogen-bond donors (Lipinski definition) is 1. The van der Waals surface area contributed by atoms with Gasteiger partial charge >= 0.3 is 0 Å². The van der Waals surface area contributed by atoms with E-state index in [2.05, 4.69) is 10.1 Å². The lowest BCUT2D eigenvalue weighted by atomic mass is 9.77. The maximum atomic E-state index is 11.8. The van der Waals surface area contributed by atoms with Gasteiger partial charge in [-0.3, -0.25) is 4.31 Å². The fourth-order valence-electron chi connectivity index (χ4n) is 3.17. The van der Waals surface area contributed by atoms with Crippen LogP contribution in [-0.2, 0) is 22.0 Å². The van der Waals surface area contributed by atoms with Gasteiger partial charge in [0.2, 0.25) is 10.0 Å². The highest BCUT2D eigenvalue weighted by atomic mass is 35.5. The van der Waals surface area contributed by atoms with Crippen molar-refractivity contribution in [3.05, 3.63) is 29.6 Å². The Balaban J connectivity index is 0.00000169. The van der Waals surface area contributed by atoms with Gasteiger partial charge in [0.1, 0.15) is 0 Å². The molecule has 1 aliphatic heterocycles. The van der Waals surface area contributed by atoms with Crippen molar-refractivity contribution in [1.82, 2.24) is 10.1 Å². The smallest absolute Gasteiger partial charge is 0.258 e. The SMILES string of the molecule is CS(=O)(=O)N1CCc2cc(-c3nc(C4(N)CCC4)no3)ccc21.Cl. The molecule has 0 spiro atoms. The van der Waals surface area contributed by atoms with Crippen molar-refractivity contribution in [1.29, 1.82) is 0 Å². The van der Waals surface area contributed by atoms with Gasteiger partial charge in [0.15, 0.2) is 5.82 Å². The average Bonchev–Trinajstić information content (AvgIpc) is 3.10. The number of benzene rings is 1. The second-order valence-electron chi connectivity index (χ2n) is 6.36. The second-order valence-corrected chi connectivity index (χ2v) is 8.27. The van der Waals surface area contributed by atoms with Crippen molar-refractivity contribution < 1.29 is 12.9 Å². The molecule has 1 aliphatic carbocycles. The summed E-state index contributed by atoms with van der Waals surface area (Å²) in [5.41, 5.74) is 8.25. The van der Waals surface area contributed by atoms with Crippen molar-refractivity contribution in [3.63, 3.8) is 0 Å². The number of anilines is 1. The van der Waals surface area contributed by atoms with Crippen molar-refractivity contribution in [2.24, 2.45) is 5.73 Å². The lowest BCUT2D eigenvalue weighted by Gasteiger charge is -2.34. The van der Waals surface area contributed by atoms with Crippen LogP contribution in [0, 0.1) is 0 Å². The van der Waals surface area contributed by atoms with Gasteiger partial charge in [-0.15, -0.1) is 12.4 Å². The summed E-state index contributed by atoms with van der Waals surface area (Å²) in [5.74, 6) is 0.981. The fraction of sp³-hybridized carbons (Fsp3) is 0.467. The van der Waals surface area contributed by atoms with Crippen LogP contribution < -0.4 is 10.0 Å². The molecule has 0 amide bonds. The van der Waals surface area contributed by atoms with Crippen LogP contribution in [0.25, 0.3) is 11.5 Å². The third-order valence-electron chi connectivity index (χ3n) is 4.70. The normalized spacial score (nSPS) is 18.7. The number of rotatable bonds is 3. The quantitative estimate of drug-likeness (QED) is 0.884. The molecule has 7 nitrogen and oxygen atoms in total. The maximum Gasteiger partial charge on any atom is 0.258 e. The Morgan fingerprint density at radius 1 is 1.33 bits per heavy atom. The van der Waals surface area contributed by atoms with E-state index in [9.17, 15) is 8.42 Å².